The number of nitrogens with zero attached hydrogens (tertiary/aromatic N) is 8. The summed E-state index contributed by atoms with van der Waals surface area (Å²) in [5.41, 5.74) is 1.78. The quantitative estimate of drug-likeness (QED) is 0.607. The van der Waals surface area contributed by atoms with E-state index in [1.807, 2.05) is 0 Å². The number of hydrogen-bond acceptors (Lipinski definition) is 7. The molecule has 2 aliphatic rings. The van der Waals surface area contributed by atoms with Crippen LogP contribution >= 0.6 is 0 Å². The Morgan fingerprint density at radius 3 is 2.74 bits per heavy atom. The predicted molar refractivity (Wildman–Crippen MR) is 110 cm³/mol. The summed E-state index contributed by atoms with van der Waals surface area (Å²) >= 11 is 0. The summed E-state index contributed by atoms with van der Waals surface area (Å²) in [6.45, 7) is 2.52. The number of aromatic nitrogens is 5. The minimum atomic E-state index is -0.423. The van der Waals surface area contributed by atoms with Gasteiger partial charge in [0, 0.05) is 51.9 Å². The highest BCUT2D eigenvalue weighted by atomic mass is 19.1. The van der Waals surface area contributed by atoms with Gasteiger partial charge in [0.25, 0.3) is 0 Å². The summed E-state index contributed by atoms with van der Waals surface area (Å²) in [7, 11) is 1.78. The van der Waals surface area contributed by atoms with E-state index in [4.69, 9.17) is 0 Å². The van der Waals surface area contributed by atoms with Gasteiger partial charge in [0.15, 0.2) is 17.0 Å². The van der Waals surface area contributed by atoms with Crippen molar-refractivity contribution in [3.8, 4) is 0 Å². The van der Waals surface area contributed by atoms with Gasteiger partial charge in [-0.05, 0) is 18.2 Å². The van der Waals surface area contributed by atoms with Gasteiger partial charge < -0.3 is 14.7 Å². The largest absolute Gasteiger partial charge is 0.351 e. The first kappa shape index (κ1) is 19.3. The number of fused-ring (bicyclic) bond motifs is 1. The highest BCUT2D eigenvalue weighted by Crippen LogP contribution is 2.28. The van der Waals surface area contributed by atoms with Gasteiger partial charge in [-0.1, -0.05) is 11.3 Å². The first-order chi connectivity index (χ1) is 15.0. The van der Waals surface area contributed by atoms with Crippen molar-refractivity contribution < 1.29 is 14.0 Å². The van der Waals surface area contributed by atoms with E-state index in [1.165, 1.54) is 23.4 Å². The molecular formula is C20H21FN8O2. The molecule has 0 bridgehead atoms. The lowest BCUT2D eigenvalue weighted by molar-refractivity contribution is -0.136. The van der Waals surface area contributed by atoms with Gasteiger partial charge in [-0.25, -0.2) is 19.0 Å². The van der Waals surface area contributed by atoms with Crippen LogP contribution in [0.5, 0.6) is 0 Å². The maximum absolute atomic E-state index is 13.5. The second-order valence-electron chi connectivity index (χ2n) is 7.78. The van der Waals surface area contributed by atoms with Crippen molar-refractivity contribution in [2.45, 2.75) is 6.42 Å². The zero-order chi connectivity index (χ0) is 21.5. The Balaban J connectivity index is 1.25. The third kappa shape index (κ3) is 3.45. The highest BCUT2D eigenvalue weighted by molar-refractivity contribution is 6.00. The molecule has 2 aliphatic heterocycles. The molecule has 0 N–H and O–H groups in total. The number of hydrogen-bond donors (Lipinski definition) is 0. The van der Waals surface area contributed by atoms with Crippen molar-refractivity contribution in [1.82, 2.24) is 29.9 Å². The van der Waals surface area contributed by atoms with Gasteiger partial charge >= 0.3 is 0 Å². The molecule has 0 radical (unpaired) electrons. The maximum atomic E-state index is 13.5. The van der Waals surface area contributed by atoms with Crippen molar-refractivity contribution in [1.29, 1.82) is 0 Å². The zero-order valence-electron chi connectivity index (χ0n) is 17.0. The van der Waals surface area contributed by atoms with Crippen LogP contribution in [0.15, 0.2) is 30.6 Å². The molecule has 160 valence electrons. The number of anilines is 2. The molecule has 2 aromatic heterocycles. The van der Waals surface area contributed by atoms with E-state index >= 15 is 0 Å². The van der Waals surface area contributed by atoms with Crippen molar-refractivity contribution in [3.05, 3.63) is 36.4 Å². The fraction of sp³-hybridized carbons (Fsp3) is 0.400. The third-order valence-electron chi connectivity index (χ3n) is 5.85. The van der Waals surface area contributed by atoms with Crippen molar-refractivity contribution in [2.75, 3.05) is 42.5 Å². The van der Waals surface area contributed by atoms with Crippen LogP contribution in [0.25, 0.3) is 11.2 Å². The standard InChI is InChI=1S/C20H21FN8O2/c1-26-18-17(24-25-26)19(23-12-22-18)27-5-7-28(8-6-27)20(31)13-9-16(30)29(11-13)15-4-2-3-14(21)10-15/h2-4,10,12-13H,5-9,11H2,1H3/t13-/m1/s1. The van der Waals surface area contributed by atoms with E-state index in [1.54, 1.807) is 28.8 Å². The molecule has 0 aliphatic carbocycles. The Hall–Kier alpha value is -3.63. The molecule has 0 saturated carbocycles. The summed E-state index contributed by atoms with van der Waals surface area (Å²) in [5, 5.41) is 8.16. The summed E-state index contributed by atoms with van der Waals surface area (Å²) in [4.78, 5) is 39.4. The van der Waals surface area contributed by atoms with Crippen LogP contribution in [-0.4, -0.2) is 74.4 Å². The van der Waals surface area contributed by atoms with Gasteiger partial charge in [0.1, 0.15) is 12.1 Å². The van der Waals surface area contributed by atoms with Gasteiger partial charge in [-0.15, -0.1) is 5.10 Å². The van der Waals surface area contributed by atoms with Crippen LogP contribution < -0.4 is 9.80 Å². The minimum Gasteiger partial charge on any atom is -0.351 e. The lowest BCUT2D eigenvalue weighted by atomic mass is 10.1. The molecule has 0 spiro atoms. The van der Waals surface area contributed by atoms with Crippen LogP contribution in [0.4, 0.5) is 15.9 Å². The number of aryl methyl sites for hydroxylation is 1. The summed E-state index contributed by atoms with van der Waals surface area (Å²) in [5.74, 6) is -0.322. The highest BCUT2D eigenvalue weighted by Gasteiger charge is 2.38. The lowest BCUT2D eigenvalue weighted by Gasteiger charge is -2.36. The molecule has 3 aromatic rings. The van der Waals surface area contributed by atoms with Crippen LogP contribution in [0, 0.1) is 11.7 Å². The van der Waals surface area contributed by atoms with E-state index in [2.05, 4.69) is 25.2 Å². The molecule has 2 amide bonds. The Morgan fingerprint density at radius 2 is 1.97 bits per heavy atom. The molecule has 10 nitrogen and oxygen atoms in total. The number of benzene rings is 1. The summed E-state index contributed by atoms with van der Waals surface area (Å²) < 4.78 is 15.1. The van der Waals surface area contributed by atoms with E-state index in [0.29, 0.717) is 48.8 Å². The van der Waals surface area contributed by atoms with Crippen molar-refractivity contribution in [3.63, 3.8) is 0 Å². The van der Waals surface area contributed by atoms with Crippen LogP contribution in [0.1, 0.15) is 6.42 Å². The van der Waals surface area contributed by atoms with Crippen LogP contribution in [0.3, 0.4) is 0 Å². The van der Waals surface area contributed by atoms with E-state index in [-0.39, 0.29) is 24.8 Å². The summed E-state index contributed by atoms with van der Waals surface area (Å²) in [6.07, 6.45) is 1.63. The molecule has 1 aromatic carbocycles. The Bertz CT molecular complexity index is 1160. The van der Waals surface area contributed by atoms with Gasteiger partial charge in [0.05, 0.1) is 5.92 Å². The molecule has 5 rings (SSSR count). The number of halogens is 1. The SMILES string of the molecule is Cn1nnc2c(N3CCN(C(=O)[C@@H]4CC(=O)N(c5cccc(F)c5)C4)CC3)ncnc21. The zero-order valence-corrected chi connectivity index (χ0v) is 17.0. The number of carbonyl (C=O) groups excluding carboxylic acids is 2. The first-order valence-electron chi connectivity index (χ1n) is 10.1. The smallest absolute Gasteiger partial charge is 0.228 e. The number of piperazine rings is 1. The molecule has 4 heterocycles. The van der Waals surface area contributed by atoms with Gasteiger partial charge in [0.2, 0.25) is 11.8 Å². The fourth-order valence-corrected chi connectivity index (χ4v) is 4.24. The van der Waals surface area contributed by atoms with Gasteiger partial charge in [-0.2, -0.15) is 0 Å². The number of amides is 2. The van der Waals surface area contributed by atoms with Crippen molar-refractivity contribution in [2.24, 2.45) is 13.0 Å². The molecule has 2 fully saturated rings. The lowest BCUT2D eigenvalue weighted by Crippen LogP contribution is -2.51. The molecule has 1 atom stereocenters. The Morgan fingerprint density at radius 1 is 1.16 bits per heavy atom. The van der Waals surface area contributed by atoms with Crippen LogP contribution in [0.2, 0.25) is 0 Å². The maximum Gasteiger partial charge on any atom is 0.228 e. The molecule has 31 heavy (non-hydrogen) atoms. The number of rotatable bonds is 3. The average Bonchev–Trinajstić information content (AvgIpc) is 3.36. The Kier molecular flexibility index (Phi) is 4.72. The topological polar surface area (TPSA) is 100 Å². The molecular weight excluding hydrogens is 403 g/mol. The van der Waals surface area contributed by atoms with Gasteiger partial charge in [-0.3, -0.25) is 9.59 Å². The van der Waals surface area contributed by atoms with E-state index in [0.717, 1.165) is 0 Å². The first-order valence-corrected chi connectivity index (χ1v) is 10.1. The monoisotopic (exact) mass is 424 g/mol. The van der Waals surface area contributed by atoms with E-state index in [9.17, 15) is 14.0 Å². The third-order valence-corrected chi connectivity index (χ3v) is 5.85. The second kappa shape index (κ2) is 7.56. The second-order valence-corrected chi connectivity index (χ2v) is 7.78. The Labute approximate surface area is 177 Å². The predicted octanol–water partition coefficient (Wildman–Crippen LogP) is 0.599. The molecule has 11 heteroatoms. The summed E-state index contributed by atoms with van der Waals surface area (Å²) in [6, 6.07) is 5.89. The van der Waals surface area contributed by atoms with Crippen LogP contribution in [-0.2, 0) is 16.6 Å². The molecule has 0 unspecified atom stereocenters. The van der Waals surface area contributed by atoms with E-state index < -0.39 is 11.7 Å². The molecule has 2 saturated heterocycles. The minimum absolute atomic E-state index is 0.0424. The average molecular weight is 424 g/mol. The fourth-order valence-electron chi connectivity index (χ4n) is 4.24. The normalized spacial score (nSPS) is 19.5. The number of carbonyl (C=O) groups is 2. The van der Waals surface area contributed by atoms with Crippen molar-refractivity contribution >= 4 is 34.5 Å².